The third kappa shape index (κ3) is 2.68. The fourth-order valence-corrected chi connectivity index (χ4v) is 1.27. The van der Waals surface area contributed by atoms with E-state index in [0.717, 1.165) is 5.56 Å². The van der Waals surface area contributed by atoms with Crippen molar-refractivity contribution in [2.24, 2.45) is 5.41 Å². The van der Waals surface area contributed by atoms with Gasteiger partial charge >= 0.3 is 0 Å². The monoisotopic (exact) mass is 199 g/mol. The Kier molecular flexibility index (Phi) is 2.94. The van der Waals surface area contributed by atoms with E-state index < -0.39 is 6.10 Å². The molecular formula is C10H14ClNO. The van der Waals surface area contributed by atoms with E-state index in [4.69, 9.17) is 11.6 Å². The molecular weight excluding hydrogens is 186 g/mol. The zero-order valence-electron chi connectivity index (χ0n) is 8.08. The normalized spacial score (nSPS) is 14.2. The molecule has 0 spiro atoms. The molecule has 1 rings (SSSR count). The van der Waals surface area contributed by atoms with Gasteiger partial charge in [0.05, 0.1) is 6.10 Å². The maximum atomic E-state index is 9.90. The van der Waals surface area contributed by atoms with Crippen LogP contribution in [-0.4, -0.2) is 10.1 Å². The molecule has 0 saturated heterocycles. The van der Waals surface area contributed by atoms with Gasteiger partial charge in [-0.2, -0.15) is 0 Å². The lowest BCUT2D eigenvalue weighted by Crippen LogP contribution is -2.17. The molecule has 0 saturated carbocycles. The summed E-state index contributed by atoms with van der Waals surface area (Å²) in [6, 6.07) is 3.47. The Morgan fingerprint density at radius 3 is 2.54 bits per heavy atom. The van der Waals surface area contributed by atoms with E-state index in [1.54, 1.807) is 18.3 Å². The molecule has 0 radical (unpaired) electrons. The number of aliphatic hydroxyl groups excluding tert-OH is 1. The van der Waals surface area contributed by atoms with Gasteiger partial charge < -0.3 is 5.11 Å². The quantitative estimate of drug-likeness (QED) is 0.706. The van der Waals surface area contributed by atoms with Gasteiger partial charge in [-0.05, 0) is 23.1 Å². The van der Waals surface area contributed by atoms with Gasteiger partial charge in [0.2, 0.25) is 0 Å². The predicted molar refractivity (Wildman–Crippen MR) is 53.7 cm³/mol. The van der Waals surface area contributed by atoms with Gasteiger partial charge in [0.15, 0.2) is 0 Å². The second-order valence-electron chi connectivity index (χ2n) is 4.18. The molecule has 0 aliphatic rings. The van der Waals surface area contributed by atoms with Gasteiger partial charge in [0.25, 0.3) is 0 Å². The molecule has 1 aromatic heterocycles. The average Bonchev–Trinajstić information content (AvgIpc) is 2.01. The first kappa shape index (κ1) is 10.5. The fraction of sp³-hybridized carbons (Fsp3) is 0.500. The zero-order chi connectivity index (χ0) is 10.1. The first-order chi connectivity index (χ1) is 5.91. The van der Waals surface area contributed by atoms with Gasteiger partial charge in [-0.25, -0.2) is 4.98 Å². The second-order valence-corrected chi connectivity index (χ2v) is 4.57. The molecule has 0 aliphatic heterocycles. The van der Waals surface area contributed by atoms with Crippen molar-refractivity contribution in [3.63, 3.8) is 0 Å². The summed E-state index contributed by atoms with van der Waals surface area (Å²) in [5, 5.41) is 10.3. The van der Waals surface area contributed by atoms with Crippen LogP contribution in [0.3, 0.4) is 0 Å². The van der Waals surface area contributed by atoms with Crippen LogP contribution in [0.15, 0.2) is 18.3 Å². The third-order valence-corrected chi connectivity index (χ3v) is 2.09. The summed E-state index contributed by atoms with van der Waals surface area (Å²) < 4.78 is 0. The van der Waals surface area contributed by atoms with Crippen molar-refractivity contribution in [2.45, 2.75) is 26.9 Å². The average molecular weight is 200 g/mol. The highest BCUT2D eigenvalue weighted by Crippen LogP contribution is 2.32. The van der Waals surface area contributed by atoms with Crippen LogP contribution in [-0.2, 0) is 0 Å². The number of nitrogens with zero attached hydrogens (tertiary/aromatic N) is 1. The van der Waals surface area contributed by atoms with E-state index in [9.17, 15) is 5.11 Å². The zero-order valence-corrected chi connectivity index (χ0v) is 8.84. The minimum Gasteiger partial charge on any atom is -0.388 e. The molecule has 3 heteroatoms. The molecule has 0 bridgehead atoms. The molecule has 0 aliphatic carbocycles. The Hall–Kier alpha value is -0.600. The molecule has 0 amide bonds. The maximum Gasteiger partial charge on any atom is 0.129 e. The van der Waals surface area contributed by atoms with Crippen molar-refractivity contribution in [3.8, 4) is 0 Å². The van der Waals surface area contributed by atoms with Crippen molar-refractivity contribution in [3.05, 3.63) is 29.0 Å². The Morgan fingerprint density at radius 1 is 1.46 bits per heavy atom. The molecule has 1 aromatic rings. The lowest BCUT2D eigenvalue weighted by atomic mass is 9.85. The fourth-order valence-electron chi connectivity index (χ4n) is 1.09. The molecule has 1 atom stereocenters. The van der Waals surface area contributed by atoms with E-state index in [0.29, 0.717) is 5.15 Å². The van der Waals surface area contributed by atoms with Gasteiger partial charge in [0.1, 0.15) is 5.15 Å². The van der Waals surface area contributed by atoms with Crippen LogP contribution in [0.5, 0.6) is 0 Å². The van der Waals surface area contributed by atoms with Crippen molar-refractivity contribution >= 4 is 11.6 Å². The van der Waals surface area contributed by atoms with Gasteiger partial charge in [0, 0.05) is 6.20 Å². The summed E-state index contributed by atoms with van der Waals surface area (Å²) in [5.41, 5.74) is 0.637. The van der Waals surface area contributed by atoms with Crippen molar-refractivity contribution < 1.29 is 5.11 Å². The Morgan fingerprint density at radius 2 is 2.08 bits per heavy atom. The van der Waals surface area contributed by atoms with E-state index in [-0.39, 0.29) is 5.41 Å². The molecule has 0 aromatic carbocycles. The molecule has 2 nitrogen and oxygen atoms in total. The standard InChI is InChI=1S/C10H14ClNO/c1-10(2,3)9(13)7-4-5-12-8(11)6-7/h4-6,9,13H,1-3H3/t9-/m0/s1. The summed E-state index contributed by atoms with van der Waals surface area (Å²) >= 11 is 5.72. The van der Waals surface area contributed by atoms with Crippen LogP contribution in [0.25, 0.3) is 0 Å². The number of aromatic nitrogens is 1. The summed E-state index contributed by atoms with van der Waals surface area (Å²) in [5.74, 6) is 0. The van der Waals surface area contributed by atoms with Crippen molar-refractivity contribution in [2.75, 3.05) is 0 Å². The molecule has 0 unspecified atom stereocenters. The highest BCUT2D eigenvalue weighted by Gasteiger charge is 2.23. The third-order valence-electron chi connectivity index (χ3n) is 1.89. The van der Waals surface area contributed by atoms with Gasteiger partial charge in [-0.15, -0.1) is 0 Å². The Labute approximate surface area is 83.6 Å². The van der Waals surface area contributed by atoms with Crippen LogP contribution in [0, 0.1) is 5.41 Å². The van der Waals surface area contributed by atoms with E-state index >= 15 is 0 Å². The summed E-state index contributed by atoms with van der Waals surface area (Å²) in [6.45, 7) is 5.93. The number of pyridine rings is 1. The Balaban J connectivity index is 2.96. The van der Waals surface area contributed by atoms with Crippen LogP contribution >= 0.6 is 11.6 Å². The first-order valence-corrected chi connectivity index (χ1v) is 4.58. The van der Waals surface area contributed by atoms with Crippen LogP contribution in [0.4, 0.5) is 0 Å². The largest absolute Gasteiger partial charge is 0.388 e. The van der Waals surface area contributed by atoms with Crippen molar-refractivity contribution in [1.82, 2.24) is 4.98 Å². The highest BCUT2D eigenvalue weighted by atomic mass is 35.5. The van der Waals surface area contributed by atoms with E-state index in [2.05, 4.69) is 4.98 Å². The van der Waals surface area contributed by atoms with Crippen LogP contribution in [0.1, 0.15) is 32.4 Å². The number of halogens is 1. The smallest absolute Gasteiger partial charge is 0.129 e. The summed E-state index contributed by atoms with van der Waals surface area (Å²) in [4.78, 5) is 3.86. The van der Waals surface area contributed by atoms with Gasteiger partial charge in [-0.1, -0.05) is 32.4 Å². The van der Waals surface area contributed by atoms with E-state index in [1.165, 1.54) is 0 Å². The van der Waals surface area contributed by atoms with Gasteiger partial charge in [-0.3, -0.25) is 0 Å². The lowest BCUT2D eigenvalue weighted by Gasteiger charge is -2.25. The topological polar surface area (TPSA) is 33.1 Å². The van der Waals surface area contributed by atoms with Crippen LogP contribution < -0.4 is 0 Å². The number of hydrogen-bond acceptors (Lipinski definition) is 2. The molecule has 1 heterocycles. The van der Waals surface area contributed by atoms with Crippen molar-refractivity contribution in [1.29, 1.82) is 0 Å². The number of rotatable bonds is 1. The number of hydrogen-bond donors (Lipinski definition) is 1. The second kappa shape index (κ2) is 3.64. The first-order valence-electron chi connectivity index (χ1n) is 4.21. The Bertz CT molecular complexity index is 293. The predicted octanol–water partition coefficient (Wildman–Crippen LogP) is 2.81. The minimum atomic E-state index is -0.506. The molecule has 13 heavy (non-hydrogen) atoms. The summed E-state index contributed by atoms with van der Waals surface area (Å²) in [6.07, 6.45) is 1.10. The SMILES string of the molecule is CC(C)(C)[C@@H](O)c1ccnc(Cl)c1. The number of aliphatic hydroxyl groups is 1. The molecule has 72 valence electrons. The minimum absolute atomic E-state index is 0.176. The summed E-state index contributed by atoms with van der Waals surface area (Å²) in [7, 11) is 0. The molecule has 1 N–H and O–H groups in total. The van der Waals surface area contributed by atoms with Crippen LogP contribution in [0.2, 0.25) is 5.15 Å². The van der Waals surface area contributed by atoms with E-state index in [1.807, 2.05) is 20.8 Å². The molecule has 0 fully saturated rings. The maximum absolute atomic E-state index is 9.90. The highest BCUT2D eigenvalue weighted by molar-refractivity contribution is 6.29. The lowest BCUT2D eigenvalue weighted by molar-refractivity contribution is 0.0626.